The zero-order valence-corrected chi connectivity index (χ0v) is 41.9. The van der Waals surface area contributed by atoms with Crippen LogP contribution in [0.25, 0.3) is 31.3 Å². The Hall–Kier alpha value is -8.32. The zero-order chi connectivity index (χ0) is 51.1. The van der Waals surface area contributed by atoms with Crippen molar-refractivity contribution >= 4 is 101 Å². The van der Waals surface area contributed by atoms with Crippen molar-refractivity contribution in [2.45, 2.75) is 52.1 Å². The summed E-state index contributed by atoms with van der Waals surface area (Å²) in [6.45, 7) is 21.5. The van der Waals surface area contributed by atoms with E-state index in [1.54, 1.807) is 22.7 Å². The molecule has 8 aromatic rings. The Kier molecular flexibility index (Phi) is 15.4. The summed E-state index contributed by atoms with van der Waals surface area (Å²) in [5.74, 6) is -2.00. The largest absolute Gasteiger partial charge is 0.455 e. The average Bonchev–Trinajstić information content (AvgIpc) is 3.97. The summed E-state index contributed by atoms with van der Waals surface area (Å²) in [5, 5.41) is 6.14. The van der Waals surface area contributed by atoms with Crippen molar-refractivity contribution in [1.29, 1.82) is 0 Å². The number of hydrogen-bond acceptors (Lipinski definition) is 12. The van der Waals surface area contributed by atoms with Crippen LogP contribution in [0.1, 0.15) is 74.4 Å². The monoisotopic (exact) mass is 992 g/mol. The Morgan fingerprint density at radius 3 is 0.819 bits per heavy atom. The van der Waals surface area contributed by atoms with Gasteiger partial charge in [0.1, 0.15) is 34.4 Å². The van der Waals surface area contributed by atoms with Gasteiger partial charge in [-0.15, -0.1) is 22.7 Å². The molecule has 4 unspecified atom stereocenters. The lowest BCUT2D eigenvalue weighted by Crippen LogP contribution is -2.10. The molecule has 72 heavy (non-hydrogen) atoms. The highest BCUT2D eigenvalue weighted by atomic mass is 32.1. The van der Waals surface area contributed by atoms with E-state index >= 15 is 0 Å². The van der Waals surface area contributed by atoms with Gasteiger partial charge in [0, 0.05) is 68.6 Å². The number of hydrogen-bond donors (Lipinski definition) is 0. The standard InChI is InChI=1S/C60H52N2O8S2/c1-9-53(63)67-37(5)41-21-29-45(30-22-41)61(46-31-23-42(24-32-46)38(6)68-54(64)10-2)59-51-19-15-13-17-49(51)57(71-59)58-50-18-14-16-20-52(50)60(72-58)62(47-33-25-43(26-34-47)39(7)69-55(65)11-3)48-35-27-44(28-36-48)40(8)70-56(66)12-4/h9-40H,1-4H2,5-8H3. The third-order valence-electron chi connectivity index (χ3n) is 12.1. The Morgan fingerprint density at radius 1 is 0.375 bits per heavy atom. The predicted octanol–water partition coefficient (Wildman–Crippen LogP) is 15.9. The number of ether oxygens (including phenoxy) is 4. The highest BCUT2D eigenvalue weighted by Crippen LogP contribution is 2.55. The number of benzene rings is 6. The van der Waals surface area contributed by atoms with Gasteiger partial charge in [-0.05, 0) is 98.5 Å². The molecule has 0 fully saturated rings. The summed E-state index contributed by atoms with van der Waals surface area (Å²) >= 11 is 3.37. The molecule has 362 valence electrons. The van der Waals surface area contributed by atoms with E-state index in [0.717, 1.165) is 111 Å². The molecule has 10 nitrogen and oxygen atoms in total. The number of nitrogens with zero attached hydrogens (tertiary/aromatic N) is 2. The van der Waals surface area contributed by atoms with Gasteiger partial charge < -0.3 is 28.7 Å². The first-order valence-electron chi connectivity index (χ1n) is 23.2. The van der Waals surface area contributed by atoms with E-state index in [2.05, 4.69) is 72.5 Å². The van der Waals surface area contributed by atoms with Crippen LogP contribution in [-0.2, 0) is 38.1 Å². The summed E-state index contributed by atoms with van der Waals surface area (Å²) in [7, 11) is 0. The van der Waals surface area contributed by atoms with Gasteiger partial charge in [0.2, 0.25) is 0 Å². The maximum Gasteiger partial charge on any atom is 0.330 e. The van der Waals surface area contributed by atoms with Crippen LogP contribution in [0, 0.1) is 0 Å². The third-order valence-corrected chi connectivity index (χ3v) is 14.7. The molecule has 2 heterocycles. The van der Waals surface area contributed by atoms with Crippen molar-refractivity contribution in [3.8, 4) is 9.75 Å². The SMILES string of the molecule is C=CC(=O)OC(C)c1ccc(N(c2ccc(C(C)OC(=O)C=C)cc2)c2sc(-c3sc(N(c4ccc(C(C)OC(=O)C=C)cc4)c4ccc(C(C)OC(=O)C=C)cc4)c4ccccc34)c3ccccc23)cc1. The van der Waals surface area contributed by atoms with Crippen molar-refractivity contribution in [3.63, 3.8) is 0 Å². The fourth-order valence-corrected chi connectivity index (χ4v) is 11.1. The first-order valence-corrected chi connectivity index (χ1v) is 24.8. The second kappa shape index (κ2) is 22.2. The molecule has 0 aliphatic heterocycles. The number of carbonyl (C=O) groups excluding carboxylic acids is 4. The summed E-state index contributed by atoms with van der Waals surface area (Å²) in [4.78, 5) is 55.1. The highest BCUT2D eigenvalue weighted by molar-refractivity contribution is 7.28. The van der Waals surface area contributed by atoms with Gasteiger partial charge in [0.15, 0.2) is 0 Å². The molecule has 6 aromatic carbocycles. The van der Waals surface area contributed by atoms with E-state index in [1.807, 2.05) is 137 Å². The van der Waals surface area contributed by atoms with E-state index < -0.39 is 48.3 Å². The molecule has 0 aliphatic rings. The van der Waals surface area contributed by atoms with Crippen LogP contribution in [-0.4, -0.2) is 23.9 Å². The maximum absolute atomic E-state index is 12.1. The lowest BCUT2D eigenvalue weighted by Gasteiger charge is -2.25. The molecule has 0 saturated heterocycles. The van der Waals surface area contributed by atoms with Crippen molar-refractivity contribution < 1.29 is 38.1 Å². The normalized spacial score (nSPS) is 12.7. The molecule has 4 atom stereocenters. The molecule has 0 bridgehead atoms. The zero-order valence-electron chi connectivity index (χ0n) is 40.3. The van der Waals surface area contributed by atoms with Crippen molar-refractivity contribution in [2.24, 2.45) is 0 Å². The van der Waals surface area contributed by atoms with E-state index in [4.69, 9.17) is 18.9 Å². The Morgan fingerprint density at radius 2 is 0.597 bits per heavy atom. The molecule has 0 radical (unpaired) electrons. The Bertz CT molecular complexity index is 2950. The second-order valence-electron chi connectivity index (χ2n) is 16.7. The van der Waals surface area contributed by atoms with E-state index in [-0.39, 0.29) is 0 Å². The molecule has 0 amide bonds. The second-order valence-corrected chi connectivity index (χ2v) is 18.7. The third kappa shape index (κ3) is 10.7. The number of rotatable bonds is 19. The summed E-state index contributed by atoms with van der Waals surface area (Å²) in [6, 6.07) is 48.6. The van der Waals surface area contributed by atoms with Crippen LogP contribution in [0.5, 0.6) is 0 Å². The topological polar surface area (TPSA) is 112 Å². The molecular formula is C60H52N2O8S2. The van der Waals surface area contributed by atoms with Crippen molar-refractivity contribution in [1.82, 2.24) is 0 Å². The predicted molar refractivity (Wildman–Crippen MR) is 291 cm³/mol. The lowest BCUT2D eigenvalue weighted by molar-refractivity contribution is -0.143. The first-order chi connectivity index (χ1) is 34.8. The Balaban J connectivity index is 1.28. The molecule has 0 N–H and O–H groups in total. The summed E-state index contributed by atoms with van der Waals surface area (Å²) < 4.78 is 22.2. The van der Waals surface area contributed by atoms with Crippen LogP contribution in [0.4, 0.5) is 32.8 Å². The van der Waals surface area contributed by atoms with Crippen molar-refractivity contribution in [2.75, 3.05) is 9.80 Å². The van der Waals surface area contributed by atoms with Gasteiger partial charge in [-0.3, -0.25) is 0 Å². The van der Waals surface area contributed by atoms with E-state index in [9.17, 15) is 19.2 Å². The first kappa shape index (κ1) is 50.1. The Labute approximate surface area is 427 Å². The number of thiophene rings is 2. The van der Waals surface area contributed by atoms with Gasteiger partial charge in [-0.2, -0.15) is 0 Å². The molecule has 12 heteroatoms. The minimum Gasteiger partial charge on any atom is -0.455 e. The van der Waals surface area contributed by atoms with Crippen LogP contribution < -0.4 is 9.80 Å². The van der Waals surface area contributed by atoms with Crippen LogP contribution in [0.2, 0.25) is 0 Å². The minimum absolute atomic E-state index is 0.501. The van der Waals surface area contributed by atoms with Gasteiger partial charge >= 0.3 is 23.9 Å². The smallest absolute Gasteiger partial charge is 0.330 e. The average molecular weight is 993 g/mol. The summed E-state index contributed by atoms with van der Waals surface area (Å²) in [6.07, 6.45) is 2.62. The maximum atomic E-state index is 12.1. The highest BCUT2D eigenvalue weighted by Gasteiger charge is 2.27. The number of anilines is 6. The van der Waals surface area contributed by atoms with Crippen LogP contribution in [0.3, 0.4) is 0 Å². The molecule has 2 aromatic heterocycles. The van der Waals surface area contributed by atoms with Gasteiger partial charge in [-0.1, -0.05) is 123 Å². The van der Waals surface area contributed by atoms with Gasteiger partial charge in [0.25, 0.3) is 0 Å². The van der Waals surface area contributed by atoms with E-state index in [1.165, 1.54) is 0 Å². The summed E-state index contributed by atoms with van der Waals surface area (Å²) in [5.41, 5.74) is 6.77. The van der Waals surface area contributed by atoms with E-state index in [0.29, 0.717) is 0 Å². The fraction of sp³-hybridized carbons (Fsp3) is 0.133. The fourth-order valence-electron chi connectivity index (χ4n) is 8.32. The molecular weight excluding hydrogens is 941 g/mol. The minimum atomic E-state index is -0.501. The number of carbonyl (C=O) groups is 4. The molecule has 8 rings (SSSR count). The van der Waals surface area contributed by atoms with Gasteiger partial charge in [-0.25, -0.2) is 19.2 Å². The number of esters is 4. The molecule has 0 aliphatic carbocycles. The lowest BCUT2D eigenvalue weighted by atomic mass is 10.1. The van der Waals surface area contributed by atoms with Crippen molar-refractivity contribution in [3.05, 3.63) is 218 Å². The number of fused-ring (bicyclic) bond motifs is 2. The molecule has 0 saturated carbocycles. The van der Waals surface area contributed by atoms with Crippen LogP contribution in [0.15, 0.2) is 196 Å². The van der Waals surface area contributed by atoms with Gasteiger partial charge in [0.05, 0.1) is 9.75 Å². The molecule has 0 spiro atoms. The quantitative estimate of drug-likeness (QED) is 0.0441. The van der Waals surface area contributed by atoms with Crippen LogP contribution >= 0.6 is 22.7 Å².